The molecule has 0 spiro atoms. The van der Waals surface area contributed by atoms with E-state index in [1.807, 2.05) is 0 Å². The quantitative estimate of drug-likeness (QED) is 0.312. The summed E-state index contributed by atoms with van der Waals surface area (Å²) in [6.07, 6.45) is -4.49. The number of nitrogens with zero attached hydrogens (tertiary/aromatic N) is 3. The molecule has 3 aromatic carbocycles. The number of aromatic nitrogens is 3. The third kappa shape index (κ3) is 4.35. The van der Waals surface area contributed by atoms with Gasteiger partial charge in [-0.1, -0.05) is 30.3 Å². The van der Waals surface area contributed by atoms with Gasteiger partial charge >= 0.3 is 12.1 Å². The number of hydrogen-bond donors (Lipinski definition) is 1. The highest BCUT2D eigenvalue weighted by molar-refractivity contribution is 6.05. The highest BCUT2D eigenvalue weighted by atomic mass is 19.4. The van der Waals surface area contributed by atoms with E-state index in [-0.39, 0.29) is 13.1 Å². The summed E-state index contributed by atoms with van der Waals surface area (Å²) in [6.45, 7) is 1.23. The van der Waals surface area contributed by atoms with Crippen LogP contribution in [0.15, 0.2) is 71.5 Å². The monoisotopic (exact) mass is 509 g/mol. The molecule has 6 nitrogen and oxygen atoms in total. The smallest absolute Gasteiger partial charge is 0.416 e. The molecule has 0 saturated heterocycles. The minimum absolute atomic E-state index is 0.101. The van der Waals surface area contributed by atoms with Crippen LogP contribution in [0.1, 0.15) is 16.8 Å². The van der Waals surface area contributed by atoms with Gasteiger partial charge in [0.1, 0.15) is 18.1 Å². The molecule has 5 aromatic rings. The molecule has 0 amide bonds. The van der Waals surface area contributed by atoms with E-state index >= 15 is 0 Å². The van der Waals surface area contributed by atoms with Crippen molar-refractivity contribution in [3.63, 3.8) is 0 Å². The van der Waals surface area contributed by atoms with Crippen LogP contribution < -0.4 is 5.56 Å². The van der Waals surface area contributed by atoms with Gasteiger partial charge in [0.15, 0.2) is 0 Å². The van der Waals surface area contributed by atoms with Crippen molar-refractivity contribution in [3.8, 4) is 11.3 Å². The van der Waals surface area contributed by atoms with E-state index in [0.29, 0.717) is 44.2 Å². The molecular formula is C27H19F4N3O3. The Kier molecular flexibility index (Phi) is 5.82. The zero-order valence-electron chi connectivity index (χ0n) is 19.4. The van der Waals surface area contributed by atoms with Crippen molar-refractivity contribution in [2.45, 2.75) is 26.2 Å². The number of alkyl halides is 3. The van der Waals surface area contributed by atoms with E-state index in [2.05, 4.69) is 5.10 Å². The molecule has 0 aliphatic heterocycles. The second-order valence-corrected chi connectivity index (χ2v) is 8.65. The third-order valence-electron chi connectivity index (χ3n) is 6.30. The van der Waals surface area contributed by atoms with Crippen LogP contribution in [0.5, 0.6) is 0 Å². The Hall–Kier alpha value is -4.47. The summed E-state index contributed by atoms with van der Waals surface area (Å²) in [7, 11) is 0. The van der Waals surface area contributed by atoms with E-state index in [4.69, 9.17) is 0 Å². The molecular weight excluding hydrogens is 490 g/mol. The molecule has 0 bridgehead atoms. The van der Waals surface area contributed by atoms with Gasteiger partial charge in [-0.15, -0.1) is 0 Å². The SMILES string of the molecule is Cc1c(-c2nn(Cc3ccc(C(F)(F)F)cc3)c(=O)c3ccccc23)c2cc(F)ccc2n1CC(=O)O. The van der Waals surface area contributed by atoms with Gasteiger partial charge in [0.05, 0.1) is 17.5 Å². The predicted molar refractivity (Wildman–Crippen MR) is 130 cm³/mol. The van der Waals surface area contributed by atoms with Crippen molar-refractivity contribution in [3.05, 3.63) is 99.7 Å². The van der Waals surface area contributed by atoms with Crippen LogP contribution in [0.3, 0.4) is 0 Å². The lowest BCUT2D eigenvalue weighted by Crippen LogP contribution is -2.24. The van der Waals surface area contributed by atoms with Gasteiger partial charge in [-0.25, -0.2) is 9.07 Å². The van der Waals surface area contributed by atoms with Crippen LogP contribution in [0, 0.1) is 12.7 Å². The summed E-state index contributed by atoms with van der Waals surface area (Å²) in [5, 5.41) is 15.2. The second-order valence-electron chi connectivity index (χ2n) is 8.65. The fourth-order valence-corrected chi connectivity index (χ4v) is 4.59. The number of carbonyl (C=O) groups is 1. The summed E-state index contributed by atoms with van der Waals surface area (Å²) >= 11 is 0. The molecule has 0 radical (unpaired) electrons. The highest BCUT2D eigenvalue weighted by Gasteiger charge is 2.30. The zero-order chi connectivity index (χ0) is 26.5. The number of aliphatic carboxylic acids is 1. The molecule has 0 fully saturated rings. The Labute approximate surface area is 207 Å². The Morgan fingerprint density at radius 3 is 2.30 bits per heavy atom. The predicted octanol–water partition coefficient (Wildman–Crippen LogP) is 5.62. The summed E-state index contributed by atoms with van der Waals surface area (Å²) < 4.78 is 55.9. The Morgan fingerprint density at radius 2 is 1.65 bits per heavy atom. The van der Waals surface area contributed by atoms with Crippen molar-refractivity contribution in [1.82, 2.24) is 14.3 Å². The van der Waals surface area contributed by atoms with Crippen molar-refractivity contribution >= 4 is 27.6 Å². The number of carboxylic acids is 1. The number of halogens is 4. The van der Waals surface area contributed by atoms with Crippen LogP contribution in [0.2, 0.25) is 0 Å². The van der Waals surface area contributed by atoms with E-state index in [1.165, 1.54) is 34.9 Å². The van der Waals surface area contributed by atoms with Crippen molar-refractivity contribution in [1.29, 1.82) is 0 Å². The normalized spacial score (nSPS) is 11.9. The number of hydrogen-bond acceptors (Lipinski definition) is 3. The van der Waals surface area contributed by atoms with Gasteiger partial charge in [0, 0.05) is 27.5 Å². The fourth-order valence-electron chi connectivity index (χ4n) is 4.59. The summed E-state index contributed by atoms with van der Waals surface area (Å²) in [5.74, 6) is -1.61. The maximum Gasteiger partial charge on any atom is 0.416 e. The first-order valence-electron chi connectivity index (χ1n) is 11.2. The van der Waals surface area contributed by atoms with Crippen LogP contribution in [-0.4, -0.2) is 25.4 Å². The molecule has 2 heterocycles. The van der Waals surface area contributed by atoms with Gasteiger partial charge in [0.2, 0.25) is 0 Å². The first-order chi connectivity index (χ1) is 17.5. The van der Waals surface area contributed by atoms with Gasteiger partial charge in [-0.3, -0.25) is 9.59 Å². The maximum atomic E-state index is 14.3. The lowest BCUT2D eigenvalue weighted by atomic mass is 10.0. The number of rotatable bonds is 5. The second kappa shape index (κ2) is 8.88. The average molecular weight is 509 g/mol. The summed E-state index contributed by atoms with van der Waals surface area (Å²) in [6, 6.07) is 15.2. The maximum absolute atomic E-state index is 14.3. The molecule has 0 aliphatic rings. The Bertz CT molecular complexity index is 1740. The number of carboxylic acid groups (broad SMARTS) is 1. The van der Waals surface area contributed by atoms with E-state index in [0.717, 1.165) is 16.8 Å². The van der Waals surface area contributed by atoms with Gasteiger partial charge in [-0.2, -0.15) is 18.3 Å². The molecule has 0 saturated carbocycles. The van der Waals surface area contributed by atoms with Crippen molar-refractivity contribution < 1.29 is 27.5 Å². The standard InChI is InChI=1S/C27H19F4N3O3/c1-15-24(21-12-18(28)10-11-22(21)33(15)14-23(35)36)25-19-4-2-3-5-20(19)26(37)34(32-25)13-16-6-8-17(9-7-16)27(29,30)31/h2-12H,13-14H2,1H3,(H,35,36). The third-order valence-corrected chi connectivity index (χ3v) is 6.30. The van der Waals surface area contributed by atoms with Crippen LogP contribution in [-0.2, 0) is 24.1 Å². The van der Waals surface area contributed by atoms with Gasteiger partial charge < -0.3 is 9.67 Å². The average Bonchev–Trinajstić information content (AvgIpc) is 3.10. The van der Waals surface area contributed by atoms with Crippen molar-refractivity contribution in [2.75, 3.05) is 0 Å². The Balaban J connectivity index is 1.75. The summed E-state index contributed by atoms with van der Waals surface area (Å²) in [4.78, 5) is 24.8. The minimum Gasteiger partial charge on any atom is -0.480 e. The van der Waals surface area contributed by atoms with Crippen LogP contribution >= 0.6 is 0 Å². The molecule has 0 unspecified atom stereocenters. The summed E-state index contributed by atoms with van der Waals surface area (Å²) in [5.41, 5.74) is 0.979. The van der Waals surface area contributed by atoms with Crippen molar-refractivity contribution in [2.24, 2.45) is 0 Å². The van der Waals surface area contributed by atoms with Gasteiger partial charge in [-0.05, 0) is 48.9 Å². The minimum atomic E-state index is -4.49. The number of fused-ring (bicyclic) bond motifs is 2. The van der Waals surface area contributed by atoms with E-state index < -0.39 is 29.1 Å². The molecule has 0 atom stereocenters. The first-order valence-corrected chi connectivity index (χ1v) is 11.2. The lowest BCUT2D eigenvalue weighted by molar-refractivity contribution is -0.138. The van der Waals surface area contributed by atoms with E-state index in [9.17, 15) is 32.3 Å². The largest absolute Gasteiger partial charge is 0.480 e. The topological polar surface area (TPSA) is 77.1 Å². The van der Waals surface area contributed by atoms with Gasteiger partial charge in [0.25, 0.3) is 5.56 Å². The highest BCUT2D eigenvalue weighted by Crippen LogP contribution is 2.37. The molecule has 10 heteroatoms. The van der Waals surface area contributed by atoms with E-state index in [1.54, 1.807) is 31.2 Å². The molecule has 37 heavy (non-hydrogen) atoms. The number of benzene rings is 3. The van der Waals surface area contributed by atoms with Crippen LogP contribution in [0.25, 0.3) is 32.9 Å². The molecule has 188 valence electrons. The zero-order valence-corrected chi connectivity index (χ0v) is 19.4. The molecule has 5 rings (SSSR count). The Morgan fingerprint density at radius 1 is 0.973 bits per heavy atom. The fraction of sp³-hybridized carbons (Fsp3) is 0.148. The first kappa shape index (κ1) is 24.2. The molecule has 0 aliphatic carbocycles. The molecule has 1 N–H and O–H groups in total. The lowest BCUT2D eigenvalue weighted by Gasteiger charge is -2.13. The molecule has 2 aromatic heterocycles. The van der Waals surface area contributed by atoms with Crippen LogP contribution in [0.4, 0.5) is 17.6 Å².